The summed E-state index contributed by atoms with van der Waals surface area (Å²) in [5.41, 5.74) is 0.293. The van der Waals surface area contributed by atoms with Crippen molar-refractivity contribution in [3.8, 4) is 0 Å². The maximum absolute atomic E-state index is 5.99. The van der Waals surface area contributed by atoms with E-state index in [2.05, 4.69) is 40.7 Å². The predicted octanol–water partition coefficient (Wildman–Crippen LogP) is 3.34. The van der Waals surface area contributed by atoms with Crippen LogP contribution >= 0.6 is 0 Å². The molecule has 2 rings (SSSR count). The van der Waals surface area contributed by atoms with Crippen LogP contribution in [0.25, 0.3) is 0 Å². The van der Waals surface area contributed by atoms with Crippen molar-refractivity contribution in [2.75, 3.05) is 6.61 Å². The molecule has 18 heavy (non-hydrogen) atoms. The summed E-state index contributed by atoms with van der Waals surface area (Å²) < 4.78 is 17.7. The highest BCUT2D eigenvalue weighted by atomic mass is 16.7. The van der Waals surface area contributed by atoms with Crippen LogP contribution in [-0.4, -0.2) is 24.9 Å². The molecule has 1 saturated heterocycles. The molecule has 0 spiro atoms. The van der Waals surface area contributed by atoms with Crippen LogP contribution in [0.15, 0.2) is 11.7 Å². The van der Waals surface area contributed by atoms with Crippen molar-refractivity contribution in [2.45, 2.75) is 65.1 Å². The van der Waals surface area contributed by atoms with Gasteiger partial charge in [0.1, 0.15) is 5.66 Å². The molecule has 0 bridgehead atoms. The Bertz CT molecular complexity index is 320. The average Bonchev–Trinajstić information content (AvgIpc) is 2.80. The molecule has 2 aliphatic rings. The Morgan fingerprint density at radius 1 is 1.22 bits per heavy atom. The van der Waals surface area contributed by atoms with Crippen LogP contribution in [-0.2, 0) is 14.0 Å². The summed E-state index contributed by atoms with van der Waals surface area (Å²) in [6.45, 7) is 11.3. The molecule has 0 saturated carbocycles. The van der Waals surface area contributed by atoms with Crippen molar-refractivity contribution in [3.05, 3.63) is 11.7 Å². The zero-order valence-corrected chi connectivity index (χ0v) is 12.3. The lowest BCUT2D eigenvalue weighted by Gasteiger charge is -2.32. The van der Waals surface area contributed by atoms with E-state index in [1.165, 1.54) is 19.3 Å². The zero-order chi connectivity index (χ0) is 13.4. The van der Waals surface area contributed by atoms with Gasteiger partial charge >= 0.3 is 7.12 Å². The number of rotatable bonds is 4. The van der Waals surface area contributed by atoms with E-state index in [1.807, 2.05) is 0 Å². The van der Waals surface area contributed by atoms with Crippen molar-refractivity contribution in [3.63, 3.8) is 0 Å². The molecule has 102 valence electrons. The fourth-order valence-electron chi connectivity index (χ4n) is 2.27. The third-order valence-corrected chi connectivity index (χ3v) is 4.28. The van der Waals surface area contributed by atoms with E-state index in [1.54, 1.807) is 0 Å². The van der Waals surface area contributed by atoms with Crippen molar-refractivity contribution >= 4 is 7.12 Å². The third kappa shape index (κ3) is 2.60. The van der Waals surface area contributed by atoms with Crippen LogP contribution < -0.4 is 0 Å². The Kier molecular flexibility index (Phi) is 3.79. The highest BCUT2D eigenvalue weighted by Crippen LogP contribution is 2.40. The molecule has 3 nitrogen and oxygen atoms in total. The average molecular weight is 252 g/mol. The third-order valence-electron chi connectivity index (χ3n) is 4.28. The molecule has 0 aliphatic carbocycles. The van der Waals surface area contributed by atoms with Crippen LogP contribution in [0.1, 0.15) is 53.9 Å². The fraction of sp³-hybridized carbons (Fsp3) is 0.857. The van der Waals surface area contributed by atoms with E-state index in [9.17, 15) is 0 Å². The summed E-state index contributed by atoms with van der Waals surface area (Å²) >= 11 is 0. The summed E-state index contributed by atoms with van der Waals surface area (Å²) in [4.78, 5) is 0. The Hall–Kier alpha value is -0.475. The SMILES string of the molecule is CCCCC1C=C(B2OC(C)(C)C(C)(C)O2)OC1. The van der Waals surface area contributed by atoms with Crippen LogP contribution in [0.2, 0.25) is 0 Å². The van der Waals surface area contributed by atoms with E-state index < -0.39 is 0 Å². The second-order valence-electron chi connectivity index (χ2n) is 6.37. The van der Waals surface area contributed by atoms with Gasteiger partial charge in [0.25, 0.3) is 0 Å². The summed E-state index contributed by atoms with van der Waals surface area (Å²) in [5, 5.41) is 0. The lowest BCUT2D eigenvalue weighted by Crippen LogP contribution is -2.41. The molecular weight excluding hydrogens is 227 g/mol. The van der Waals surface area contributed by atoms with Gasteiger partial charge in [0.05, 0.1) is 17.8 Å². The maximum atomic E-state index is 5.99. The molecule has 0 radical (unpaired) electrons. The lowest BCUT2D eigenvalue weighted by molar-refractivity contribution is 0.00578. The molecule has 2 aliphatic heterocycles. The van der Waals surface area contributed by atoms with Gasteiger partial charge in [-0.25, -0.2) is 0 Å². The van der Waals surface area contributed by atoms with Gasteiger partial charge in [0, 0.05) is 5.92 Å². The second-order valence-corrected chi connectivity index (χ2v) is 6.37. The smallest absolute Gasteiger partial charge is 0.501 e. The minimum absolute atomic E-state index is 0.288. The first-order valence-corrected chi connectivity index (χ1v) is 7.06. The van der Waals surface area contributed by atoms with Crippen molar-refractivity contribution in [1.82, 2.24) is 0 Å². The van der Waals surface area contributed by atoms with Crippen molar-refractivity contribution < 1.29 is 14.0 Å². The van der Waals surface area contributed by atoms with Crippen LogP contribution in [0.4, 0.5) is 0 Å². The highest BCUT2D eigenvalue weighted by molar-refractivity contribution is 6.53. The molecule has 0 amide bonds. The quantitative estimate of drug-likeness (QED) is 0.718. The van der Waals surface area contributed by atoms with Gasteiger partial charge in [-0.2, -0.15) is 0 Å². The fourth-order valence-corrected chi connectivity index (χ4v) is 2.27. The number of hydrogen-bond acceptors (Lipinski definition) is 3. The van der Waals surface area contributed by atoms with Gasteiger partial charge in [-0.3, -0.25) is 0 Å². The molecule has 2 heterocycles. The molecule has 1 unspecified atom stereocenters. The number of hydrogen-bond donors (Lipinski definition) is 0. The van der Waals surface area contributed by atoms with E-state index in [0.717, 1.165) is 12.3 Å². The lowest BCUT2D eigenvalue weighted by atomic mass is 9.85. The maximum Gasteiger partial charge on any atom is 0.531 e. The molecule has 0 aromatic rings. The topological polar surface area (TPSA) is 27.7 Å². The van der Waals surface area contributed by atoms with Crippen molar-refractivity contribution in [2.24, 2.45) is 5.92 Å². The minimum Gasteiger partial charge on any atom is -0.501 e. The number of ether oxygens (including phenoxy) is 1. The molecule has 0 aromatic carbocycles. The Balaban J connectivity index is 1.98. The van der Waals surface area contributed by atoms with E-state index in [-0.39, 0.29) is 18.3 Å². The molecule has 1 fully saturated rings. The Labute approximate surface area is 111 Å². The number of unbranched alkanes of at least 4 members (excludes halogenated alkanes) is 1. The molecule has 0 aromatic heterocycles. The molecule has 1 atom stereocenters. The predicted molar refractivity (Wildman–Crippen MR) is 73.1 cm³/mol. The summed E-state index contributed by atoms with van der Waals surface area (Å²) in [7, 11) is -0.332. The Morgan fingerprint density at radius 3 is 2.39 bits per heavy atom. The first-order valence-electron chi connectivity index (χ1n) is 7.06. The summed E-state index contributed by atoms with van der Waals surface area (Å²) in [6.07, 6.45) is 5.87. The first kappa shape index (κ1) is 13.9. The van der Waals surface area contributed by atoms with Gasteiger partial charge < -0.3 is 14.0 Å². The van der Waals surface area contributed by atoms with E-state index >= 15 is 0 Å². The van der Waals surface area contributed by atoms with Gasteiger partial charge in [-0.05, 0) is 40.2 Å². The molecular formula is C14H25BO3. The van der Waals surface area contributed by atoms with Crippen LogP contribution in [0.5, 0.6) is 0 Å². The van der Waals surface area contributed by atoms with Gasteiger partial charge in [0.15, 0.2) is 0 Å². The van der Waals surface area contributed by atoms with E-state index in [0.29, 0.717) is 5.92 Å². The van der Waals surface area contributed by atoms with Gasteiger partial charge in [-0.15, -0.1) is 0 Å². The largest absolute Gasteiger partial charge is 0.531 e. The standard InChI is InChI=1S/C14H25BO3/c1-6-7-8-11-9-12(16-10-11)15-17-13(2,3)14(4,5)18-15/h9,11H,6-8,10H2,1-5H3. The second kappa shape index (κ2) is 4.89. The molecule has 0 N–H and O–H groups in total. The normalized spacial score (nSPS) is 29.3. The van der Waals surface area contributed by atoms with Crippen LogP contribution in [0.3, 0.4) is 0 Å². The van der Waals surface area contributed by atoms with Gasteiger partial charge in [-0.1, -0.05) is 19.8 Å². The minimum atomic E-state index is -0.332. The zero-order valence-electron chi connectivity index (χ0n) is 12.3. The van der Waals surface area contributed by atoms with Crippen molar-refractivity contribution in [1.29, 1.82) is 0 Å². The summed E-state index contributed by atoms with van der Waals surface area (Å²) in [5.74, 6) is 0.527. The molecule has 4 heteroatoms. The first-order chi connectivity index (χ1) is 8.36. The van der Waals surface area contributed by atoms with Gasteiger partial charge in [0.2, 0.25) is 0 Å². The van der Waals surface area contributed by atoms with E-state index in [4.69, 9.17) is 14.0 Å². The van der Waals surface area contributed by atoms with Crippen LogP contribution in [0, 0.1) is 5.92 Å². The summed E-state index contributed by atoms with van der Waals surface area (Å²) in [6, 6.07) is 0. The monoisotopic (exact) mass is 252 g/mol. The Morgan fingerprint density at radius 2 is 1.83 bits per heavy atom. The highest BCUT2D eigenvalue weighted by Gasteiger charge is 2.53.